The fraction of sp³-hybridized carbons (Fsp3) is 0.0667. The average molecular weight is 302 g/mol. The van der Waals surface area contributed by atoms with Crippen molar-refractivity contribution in [3.05, 3.63) is 64.2 Å². The molecule has 106 valence electrons. The van der Waals surface area contributed by atoms with E-state index in [-0.39, 0.29) is 12.5 Å². The van der Waals surface area contributed by atoms with Crippen molar-refractivity contribution >= 4 is 17.5 Å². The highest BCUT2D eigenvalue weighted by Gasteiger charge is 2.06. The second kappa shape index (κ2) is 6.75. The number of hydrogen-bond donors (Lipinski definition) is 2. The summed E-state index contributed by atoms with van der Waals surface area (Å²) in [7, 11) is 0. The number of halogens is 1. The van der Waals surface area contributed by atoms with E-state index in [1.807, 2.05) is 12.1 Å². The summed E-state index contributed by atoms with van der Waals surface area (Å²) in [6, 6.07) is 13.7. The van der Waals surface area contributed by atoms with Crippen molar-refractivity contribution in [2.24, 2.45) is 5.84 Å². The van der Waals surface area contributed by atoms with Gasteiger partial charge in [-0.25, -0.2) is 5.84 Å². The van der Waals surface area contributed by atoms with Crippen molar-refractivity contribution in [1.29, 1.82) is 5.26 Å². The first-order valence-electron chi connectivity index (χ1n) is 6.06. The van der Waals surface area contributed by atoms with Gasteiger partial charge < -0.3 is 4.74 Å². The Bertz CT molecular complexity index is 710. The molecule has 0 saturated carbocycles. The number of carbonyl (C=O) groups excluding carboxylic acids is 1. The number of benzene rings is 2. The third-order valence-electron chi connectivity index (χ3n) is 2.78. The van der Waals surface area contributed by atoms with Crippen molar-refractivity contribution in [2.45, 2.75) is 6.61 Å². The Morgan fingerprint density at radius 2 is 2.14 bits per heavy atom. The number of hydrazine groups is 1. The molecule has 0 unspecified atom stereocenters. The molecule has 0 radical (unpaired) electrons. The first-order chi connectivity index (χ1) is 10.1. The topological polar surface area (TPSA) is 88.1 Å². The van der Waals surface area contributed by atoms with E-state index < -0.39 is 0 Å². The highest BCUT2D eigenvalue weighted by atomic mass is 35.5. The first-order valence-corrected chi connectivity index (χ1v) is 6.44. The fourth-order valence-electron chi connectivity index (χ4n) is 1.73. The van der Waals surface area contributed by atoms with Gasteiger partial charge in [0, 0.05) is 5.56 Å². The molecular weight excluding hydrogens is 290 g/mol. The average Bonchev–Trinajstić information content (AvgIpc) is 2.53. The Labute approximate surface area is 126 Å². The Balaban J connectivity index is 2.10. The first kappa shape index (κ1) is 14.9. The zero-order valence-corrected chi connectivity index (χ0v) is 11.7. The van der Waals surface area contributed by atoms with E-state index in [1.165, 1.54) is 6.07 Å². The van der Waals surface area contributed by atoms with Crippen LogP contribution in [0.25, 0.3) is 0 Å². The lowest BCUT2D eigenvalue weighted by molar-refractivity contribution is 0.0953. The van der Waals surface area contributed by atoms with E-state index in [1.54, 1.807) is 30.3 Å². The monoisotopic (exact) mass is 301 g/mol. The van der Waals surface area contributed by atoms with Crippen molar-refractivity contribution in [3.63, 3.8) is 0 Å². The van der Waals surface area contributed by atoms with Gasteiger partial charge in [-0.15, -0.1) is 0 Å². The number of nitrogens with zero attached hydrogens (tertiary/aromatic N) is 1. The molecule has 21 heavy (non-hydrogen) atoms. The third kappa shape index (κ3) is 3.72. The molecule has 2 aromatic rings. The summed E-state index contributed by atoms with van der Waals surface area (Å²) < 4.78 is 5.59. The molecule has 0 aromatic heterocycles. The summed E-state index contributed by atoms with van der Waals surface area (Å²) in [5, 5.41) is 9.13. The van der Waals surface area contributed by atoms with Gasteiger partial charge in [0.1, 0.15) is 12.4 Å². The van der Waals surface area contributed by atoms with E-state index in [0.717, 1.165) is 5.56 Å². The number of hydrogen-bond acceptors (Lipinski definition) is 4. The van der Waals surface area contributed by atoms with E-state index in [9.17, 15) is 4.79 Å². The molecule has 0 atom stereocenters. The Morgan fingerprint density at radius 1 is 1.33 bits per heavy atom. The van der Waals surface area contributed by atoms with E-state index in [2.05, 4.69) is 5.43 Å². The van der Waals surface area contributed by atoms with E-state index in [0.29, 0.717) is 21.9 Å². The molecule has 2 rings (SSSR count). The molecule has 0 saturated heterocycles. The summed E-state index contributed by atoms with van der Waals surface area (Å²) in [6.45, 7) is 0.247. The second-order valence-corrected chi connectivity index (χ2v) is 4.63. The number of nitrogens with one attached hydrogen (secondary N) is 1. The molecule has 0 heterocycles. The van der Waals surface area contributed by atoms with Gasteiger partial charge in [0.05, 0.1) is 16.7 Å². The highest BCUT2D eigenvalue weighted by Crippen LogP contribution is 2.26. The molecule has 1 amide bonds. The number of amides is 1. The predicted octanol–water partition coefficient (Wildman–Crippen LogP) is 2.39. The zero-order valence-electron chi connectivity index (χ0n) is 11.0. The predicted molar refractivity (Wildman–Crippen MR) is 78.6 cm³/mol. The Hall–Kier alpha value is -2.55. The summed E-state index contributed by atoms with van der Waals surface area (Å²) >= 11 is 6.02. The van der Waals surface area contributed by atoms with Crippen LogP contribution in [0.5, 0.6) is 5.75 Å². The summed E-state index contributed by atoms with van der Waals surface area (Å²) in [5.74, 6) is 5.20. The smallest absolute Gasteiger partial charge is 0.265 e. The van der Waals surface area contributed by atoms with Crippen LogP contribution in [-0.4, -0.2) is 5.91 Å². The summed E-state index contributed by atoms with van der Waals surface area (Å²) in [5.41, 5.74) is 3.79. The molecule has 2 aromatic carbocycles. The molecule has 0 aliphatic carbocycles. The normalized spacial score (nSPS) is 9.76. The molecule has 0 aliphatic rings. The van der Waals surface area contributed by atoms with Crippen LogP contribution in [-0.2, 0) is 6.61 Å². The number of carbonyl (C=O) groups is 1. The Kier molecular flexibility index (Phi) is 4.77. The number of ether oxygens (including phenoxy) is 1. The van der Waals surface area contributed by atoms with Crippen LogP contribution in [0.3, 0.4) is 0 Å². The molecule has 6 heteroatoms. The molecule has 5 nitrogen and oxygen atoms in total. The van der Waals surface area contributed by atoms with Gasteiger partial charge in [0.2, 0.25) is 0 Å². The minimum absolute atomic E-state index is 0.247. The van der Waals surface area contributed by atoms with Crippen LogP contribution in [0, 0.1) is 11.3 Å². The maximum absolute atomic E-state index is 11.4. The van der Waals surface area contributed by atoms with E-state index in [4.69, 9.17) is 27.4 Å². The van der Waals surface area contributed by atoms with Crippen molar-refractivity contribution in [3.8, 4) is 11.8 Å². The van der Waals surface area contributed by atoms with Gasteiger partial charge in [-0.1, -0.05) is 23.7 Å². The van der Waals surface area contributed by atoms with Gasteiger partial charge in [-0.2, -0.15) is 5.26 Å². The van der Waals surface area contributed by atoms with Crippen molar-refractivity contribution < 1.29 is 9.53 Å². The maximum Gasteiger partial charge on any atom is 0.265 e. The minimum atomic E-state index is -0.367. The lowest BCUT2D eigenvalue weighted by Crippen LogP contribution is -2.30. The largest absolute Gasteiger partial charge is 0.487 e. The van der Waals surface area contributed by atoms with Crippen LogP contribution in [0.1, 0.15) is 21.5 Å². The third-order valence-corrected chi connectivity index (χ3v) is 3.07. The lowest BCUT2D eigenvalue weighted by Gasteiger charge is -2.09. The Morgan fingerprint density at radius 3 is 2.81 bits per heavy atom. The van der Waals surface area contributed by atoms with Crippen LogP contribution in [0.2, 0.25) is 5.02 Å². The van der Waals surface area contributed by atoms with Crippen LogP contribution in [0.4, 0.5) is 0 Å². The standard InChI is InChI=1S/C15H12ClN3O2/c16-13-7-10(8-17)4-5-14(13)21-9-11-2-1-3-12(6-11)15(20)19-18/h1-7H,9,18H2,(H,19,20). The molecular formula is C15H12ClN3O2. The number of nitrogen functional groups attached to an aromatic ring is 1. The van der Waals surface area contributed by atoms with Gasteiger partial charge in [0.15, 0.2) is 0 Å². The minimum Gasteiger partial charge on any atom is -0.487 e. The van der Waals surface area contributed by atoms with E-state index >= 15 is 0 Å². The van der Waals surface area contributed by atoms with Gasteiger partial charge in [-0.3, -0.25) is 10.2 Å². The summed E-state index contributed by atoms with van der Waals surface area (Å²) in [6.07, 6.45) is 0. The quantitative estimate of drug-likeness (QED) is 0.515. The van der Waals surface area contributed by atoms with Gasteiger partial charge in [-0.05, 0) is 35.9 Å². The molecule has 0 aliphatic heterocycles. The van der Waals surface area contributed by atoms with Crippen LogP contribution >= 0.6 is 11.6 Å². The van der Waals surface area contributed by atoms with Gasteiger partial charge >= 0.3 is 0 Å². The molecule has 3 N–H and O–H groups in total. The molecule has 0 spiro atoms. The number of nitriles is 1. The van der Waals surface area contributed by atoms with Gasteiger partial charge in [0.25, 0.3) is 5.91 Å². The zero-order chi connectivity index (χ0) is 15.2. The van der Waals surface area contributed by atoms with Crippen molar-refractivity contribution in [2.75, 3.05) is 0 Å². The molecule has 0 fully saturated rings. The molecule has 0 bridgehead atoms. The fourth-order valence-corrected chi connectivity index (χ4v) is 1.97. The second-order valence-electron chi connectivity index (χ2n) is 4.22. The van der Waals surface area contributed by atoms with Crippen molar-refractivity contribution in [1.82, 2.24) is 5.43 Å². The lowest BCUT2D eigenvalue weighted by atomic mass is 10.1. The SMILES string of the molecule is N#Cc1ccc(OCc2cccc(C(=O)NN)c2)c(Cl)c1. The number of rotatable bonds is 4. The number of nitrogens with two attached hydrogens (primary N) is 1. The van der Waals surface area contributed by atoms with Crippen LogP contribution in [0.15, 0.2) is 42.5 Å². The van der Waals surface area contributed by atoms with Crippen LogP contribution < -0.4 is 16.0 Å². The highest BCUT2D eigenvalue weighted by molar-refractivity contribution is 6.32. The summed E-state index contributed by atoms with van der Waals surface area (Å²) in [4.78, 5) is 11.4. The maximum atomic E-state index is 11.4.